The van der Waals surface area contributed by atoms with Gasteiger partial charge in [-0.25, -0.2) is 0 Å². The van der Waals surface area contributed by atoms with E-state index < -0.39 is 0 Å². The smallest absolute Gasteiger partial charge is 0.0660 e. The molecule has 0 aliphatic carbocycles. The van der Waals surface area contributed by atoms with Gasteiger partial charge in [-0.05, 0) is 40.9 Å². The van der Waals surface area contributed by atoms with Crippen LogP contribution >= 0.6 is 0 Å². The molecule has 2 nitrogen and oxygen atoms in total. The van der Waals surface area contributed by atoms with Crippen LogP contribution in [0.15, 0.2) is 0 Å². The SMILES string of the molecule is C#CC(C)NC(C)CCN(C)C. The molecular formula is C10H20N2. The third-order valence-corrected chi connectivity index (χ3v) is 1.79. The molecule has 2 atom stereocenters. The predicted molar refractivity (Wildman–Crippen MR) is 54.1 cm³/mol. The fourth-order valence-corrected chi connectivity index (χ4v) is 1.01. The molecule has 0 aromatic heterocycles. The maximum absolute atomic E-state index is 5.25. The summed E-state index contributed by atoms with van der Waals surface area (Å²) in [5.74, 6) is 2.66. The zero-order chi connectivity index (χ0) is 9.56. The number of nitrogens with zero attached hydrogens (tertiary/aromatic N) is 1. The Morgan fingerprint density at radius 3 is 2.42 bits per heavy atom. The molecule has 2 heteroatoms. The molecule has 0 radical (unpaired) electrons. The van der Waals surface area contributed by atoms with E-state index in [2.05, 4.69) is 37.2 Å². The van der Waals surface area contributed by atoms with Crippen LogP contribution < -0.4 is 5.32 Å². The summed E-state index contributed by atoms with van der Waals surface area (Å²) >= 11 is 0. The Labute approximate surface area is 76.3 Å². The fourth-order valence-electron chi connectivity index (χ4n) is 1.01. The Hall–Kier alpha value is -0.520. The van der Waals surface area contributed by atoms with Gasteiger partial charge in [0.05, 0.1) is 6.04 Å². The monoisotopic (exact) mass is 168 g/mol. The van der Waals surface area contributed by atoms with E-state index in [-0.39, 0.29) is 6.04 Å². The quantitative estimate of drug-likeness (QED) is 0.615. The number of hydrogen-bond acceptors (Lipinski definition) is 2. The molecule has 0 heterocycles. The molecule has 0 saturated heterocycles. The van der Waals surface area contributed by atoms with Crippen molar-refractivity contribution in [3.63, 3.8) is 0 Å². The van der Waals surface area contributed by atoms with Crippen molar-refractivity contribution in [1.29, 1.82) is 0 Å². The van der Waals surface area contributed by atoms with Crippen molar-refractivity contribution in [3.05, 3.63) is 0 Å². The van der Waals surface area contributed by atoms with E-state index >= 15 is 0 Å². The van der Waals surface area contributed by atoms with Gasteiger partial charge in [-0.2, -0.15) is 0 Å². The summed E-state index contributed by atoms with van der Waals surface area (Å²) in [6.07, 6.45) is 6.39. The Morgan fingerprint density at radius 1 is 1.42 bits per heavy atom. The van der Waals surface area contributed by atoms with Crippen LogP contribution in [0, 0.1) is 12.3 Å². The molecule has 0 aliphatic rings. The number of nitrogens with one attached hydrogen (secondary N) is 1. The Balaban J connectivity index is 3.47. The van der Waals surface area contributed by atoms with E-state index in [0.717, 1.165) is 13.0 Å². The van der Waals surface area contributed by atoms with Gasteiger partial charge in [0.2, 0.25) is 0 Å². The lowest BCUT2D eigenvalue weighted by Gasteiger charge is -2.18. The third-order valence-electron chi connectivity index (χ3n) is 1.79. The minimum Gasteiger partial charge on any atom is -0.309 e. The molecule has 70 valence electrons. The lowest BCUT2D eigenvalue weighted by Crippen LogP contribution is -2.35. The van der Waals surface area contributed by atoms with Gasteiger partial charge in [-0.3, -0.25) is 0 Å². The highest BCUT2D eigenvalue weighted by Crippen LogP contribution is 1.93. The van der Waals surface area contributed by atoms with Crippen molar-refractivity contribution in [2.24, 2.45) is 0 Å². The summed E-state index contributed by atoms with van der Waals surface area (Å²) in [5, 5.41) is 3.32. The van der Waals surface area contributed by atoms with Crippen LogP contribution in [0.2, 0.25) is 0 Å². The minimum absolute atomic E-state index is 0.183. The van der Waals surface area contributed by atoms with Crippen molar-refractivity contribution < 1.29 is 0 Å². The minimum atomic E-state index is 0.183. The van der Waals surface area contributed by atoms with Gasteiger partial charge in [0.25, 0.3) is 0 Å². The summed E-state index contributed by atoms with van der Waals surface area (Å²) in [6, 6.07) is 0.681. The van der Waals surface area contributed by atoms with E-state index in [4.69, 9.17) is 6.42 Å². The second-order valence-corrected chi connectivity index (χ2v) is 3.55. The molecule has 0 aliphatic heterocycles. The van der Waals surface area contributed by atoms with Crippen LogP contribution in [-0.2, 0) is 0 Å². The Morgan fingerprint density at radius 2 is 2.00 bits per heavy atom. The second kappa shape index (κ2) is 6.05. The molecule has 0 fully saturated rings. The predicted octanol–water partition coefficient (Wildman–Crippen LogP) is 0.938. The summed E-state index contributed by atoms with van der Waals surface area (Å²) in [4.78, 5) is 2.18. The molecule has 0 aromatic carbocycles. The van der Waals surface area contributed by atoms with Gasteiger partial charge in [0.15, 0.2) is 0 Å². The molecule has 0 spiro atoms. The average molecular weight is 168 g/mol. The molecule has 2 unspecified atom stereocenters. The first kappa shape index (κ1) is 11.5. The first-order valence-electron chi connectivity index (χ1n) is 4.43. The standard InChI is InChI=1S/C10H20N2/c1-6-9(2)11-10(3)7-8-12(4)5/h1,9-11H,7-8H2,2-5H3. The van der Waals surface area contributed by atoms with Gasteiger partial charge in [-0.15, -0.1) is 6.42 Å². The molecule has 0 aromatic rings. The first-order chi connectivity index (χ1) is 5.56. The van der Waals surface area contributed by atoms with Gasteiger partial charge in [0.1, 0.15) is 0 Å². The van der Waals surface area contributed by atoms with Crippen LogP contribution in [-0.4, -0.2) is 37.6 Å². The third kappa shape index (κ3) is 6.21. The number of rotatable bonds is 5. The van der Waals surface area contributed by atoms with E-state index in [9.17, 15) is 0 Å². The highest BCUT2D eigenvalue weighted by molar-refractivity contribution is 4.96. The lowest BCUT2D eigenvalue weighted by atomic mass is 10.2. The lowest BCUT2D eigenvalue weighted by molar-refractivity contribution is 0.362. The van der Waals surface area contributed by atoms with E-state index in [1.165, 1.54) is 0 Å². The van der Waals surface area contributed by atoms with Crippen molar-refractivity contribution >= 4 is 0 Å². The summed E-state index contributed by atoms with van der Waals surface area (Å²) in [7, 11) is 4.16. The number of terminal acetylenes is 1. The highest BCUT2D eigenvalue weighted by atomic mass is 15.1. The van der Waals surface area contributed by atoms with Crippen LogP contribution in [0.4, 0.5) is 0 Å². The van der Waals surface area contributed by atoms with E-state index in [1.807, 2.05) is 6.92 Å². The summed E-state index contributed by atoms with van der Waals surface area (Å²) in [5.41, 5.74) is 0. The topological polar surface area (TPSA) is 15.3 Å². The maximum atomic E-state index is 5.25. The van der Waals surface area contributed by atoms with Crippen LogP contribution in [0.3, 0.4) is 0 Å². The number of hydrogen-bond donors (Lipinski definition) is 1. The molecule has 1 N–H and O–H groups in total. The van der Waals surface area contributed by atoms with E-state index in [1.54, 1.807) is 0 Å². The normalized spacial score (nSPS) is 15.7. The van der Waals surface area contributed by atoms with Crippen LogP contribution in [0.1, 0.15) is 20.3 Å². The van der Waals surface area contributed by atoms with Crippen LogP contribution in [0.5, 0.6) is 0 Å². The van der Waals surface area contributed by atoms with Gasteiger partial charge >= 0.3 is 0 Å². The molecule has 0 rings (SSSR count). The fraction of sp³-hybridized carbons (Fsp3) is 0.800. The highest BCUT2D eigenvalue weighted by Gasteiger charge is 2.04. The zero-order valence-corrected chi connectivity index (χ0v) is 8.59. The largest absolute Gasteiger partial charge is 0.309 e. The molecule has 0 bridgehead atoms. The second-order valence-electron chi connectivity index (χ2n) is 3.55. The Kier molecular flexibility index (Phi) is 5.79. The summed E-state index contributed by atoms with van der Waals surface area (Å²) in [6.45, 7) is 5.27. The van der Waals surface area contributed by atoms with Crippen LogP contribution in [0.25, 0.3) is 0 Å². The van der Waals surface area contributed by atoms with Gasteiger partial charge < -0.3 is 10.2 Å². The molecule has 0 saturated carbocycles. The molecule has 12 heavy (non-hydrogen) atoms. The first-order valence-corrected chi connectivity index (χ1v) is 4.43. The molecule has 0 amide bonds. The average Bonchev–Trinajstić information content (AvgIpc) is 2.00. The summed E-state index contributed by atoms with van der Waals surface area (Å²) < 4.78 is 0. The Bertz CT molecular complexity index is 146. The zero-order valence-electron chi connectivity index (χ0n) is 8.59. The van der Waals surface area contributed by atoms with Crippen molar-refractivity contribution in [2.45, 2.75) is 32.4 Å². The van der Waals surface area contributed by atoms with Crippen molar-refractivity contribution in [3.8, 4) is 12.3 Å². The van der Waals surface area contributed by atoms with Crippen molar-refractivity contribution in [2.75, 3.05) is 20.6 Å². The molecular weight excluding hydrogens is 148 g/mol. The van der Waals surface area contributed by atoms with Gasteiger partial charge in [-0.1, -0.05) is 5.92 Å². The van der Waals surface area contributed by atoms with Gasteiger partial charge in [0, 0.05) is 6.04 Å². The van der Waals surface area contributed by atoms with E-state index in [0.29, 0.717) is 6.04 Å². The maximum Gasteiger partial charge on any atom is 0.0660 e. The van der Waals surface area contributed by atoms with Crippen molar-refractivity contribution in [1.82, 2.24) is 10.2 Å².